The molecule has 0 saturated carbocycles. The minimum atomic E-state index is -0.360. The SMILES string of the molecule is COC(=O)c1ccc(N(C)CC2CCCN2C)c(N)c1. The second-order valence-electron chi connectivity index (χ2n) is 5.42. The van der Waals surface area contributed by atoms with E-state index >= 15 is 0 Å². The molecular formula is C15H23N3O2. The maximum atomic E-state index is 11.5. The average Bonchev–Trinajstić information content (AvgIpc) is 2.83. The average molecular weight is 277 g/mol. The van der Waals surface area contributed by atoms with E-state index < -0.39 is 0 Å². The fourth-order valence-electron chi connectivity index (χ4n) is 2.77. The maximum Gasteiger partial charge on any atom is 0.337 e. The Morgan fingerprint density at radius 3 is 2.85 bits per heavy atom. The molecule has 1 unspecified atom stereocenters. The summed E-state index contributed by atoms with van der Waals surface area (Å²) in [4.78, 5) is 16.0. The van der Waals surface area contributed by atoms with Gasteiger partial charge in [-0.05, 0) is 44.6 Å². The lowest BCUT2D eigenvalue weighted by molar-refractivity contribution is 0.0601. The highest BCUT2D eigenvalue weighted by atomic mass is 16.5. The Kier molecular flexibility index (Phi) is 4.49. The predicted molar refractivity (Wildman–Crippen MR) is 81.1 cm³/mol. The van der Waals surface area contributed by atoms with Crippen molar-refractivity contribution < 1.29 is 9.53 Å². The number of anilines is 2. The molecule has 0 spiro atoms. The number of likely N-dealkylation sites (tertiary alicyclic amines) is 1. The second kappa shape index (κ2) is 6.13. The third-order valence-corrected chi connectivity index (χ3v) is 4.02. The van der Waals surface area contributed by atoms with Crippen molar-refractivity contribution in [2.75, 3.05) is 44.9 Å². The molecular weight excluding hydrogens is 254 g/mol. The molecule has 0 amide bonds. The summed E-state index contributed by atoms with van der Waals surface area (Å²) in [6.07, 6.45) is 2.48. The Balaban J connectivity index is 2.10. The van der Waals surface area contributed by atoms with Crippen LogP contribution in [-0.4, -0.2) is 51.2 Å². The van der Waals surface area contributed by atoms with Gasteiger partial charge in [-0.3, -0.25) is 0 Å². The van der Waals surface area contributed by atoms with Crippen LogP contribution in [0.25, 0.3) is 0 Å². The van der Waals surface area contributed by atoms with Gasteiger partial charge in [-0.25, -0.2) is 4.79 Å². The minimum Gasteiger partial charge on any atom is -0.465 e. The van der Waals surface area contributed by atoms with Crippen LogP contribution in [0.15, 0.2) is 18.2 Å². The van der Waals surface area contributed by atoms with Gasteiger partial charge in [0.05, 0.1) is 24.0 Å². The number of rotatable bonds is 4. The Bertz CT molecular complexity index is 490. The van der Waals surface area contributed by atoms with Gasteiger partial charge < -0.3 is 20.3 Å². The molecule has 5 heteroatoms. The quantitative estimate of drug-likeness (QED) is 0.669. The van der Waals surface area contributed by atoms with Gasteiger partial charge in [0, 0.05) is 19.6 Å². The highest BCUT2D eigenvalue weighted by molar-refractivity contribution is 5.91. The summed E-state index contributed by atoms with van der Waals surface area (Å²) in [5.41, 5.74) is 8.11. The first-order valence-corrected chi connectivity index (χ1v) is 6.92. The molecule has 1 saturated heterocycles. The summed E-state index contributed by atoms with van der Waals surface area (Å²) in [6.45, 7) is 2.10. The standard InChI is InChI=1S/C15H23N3O2/c1-17-8-4-5-12(17)10-18(2)14-7-6-11(9-13(14)16)15(19)20-3/h6-7,9,12H,4-5,8,10,16H2,1-3H3. The summed E-state index contributed by atoms with van der Waals surface area (Å²) < 4.78 is 4.70. The van der Waals surface area contributed by atoms with Crippen LogP contribution in [0.1, 0.15) is 23.2 Å². The molecule has 20 heavy (non-hydrogen) atoms. The monoisotopic (exact) mass is 277 g/mol. The molecule has 1 aliphatic rings. The molecule has 1 aliphatic heterocycles. The summed E-state index contributed by atoms with van der Waals surface area (Å²) in [5, 5.41) is 0. The van der Waals surface area contributed by atoms with Crippen molar-refractivity contribution >= 4 is 17.3 Å². The molecule has 0 bridgehead atoms. The van der Waals surface area contributed by atoms with Crippen LogP contribution < -0.4 is 10.6 Å². The fraction of sp³-hybridized carbons (Fsp3) is 0.533. The Morgan fingerprint density at radius 2 is 2.30 bits per heavy atom. The van der Waals surface area contributed by atoms with Crippen LogP contribution in [-0.2, 0) is 4.74 Å². The molecule has 1 heterocycles. The van der Waals surface area contributed by atoms with Crippen LogP contribution in [0.2, 0.25) is 0 Å². The number of esters is 1. The number of ether oxygens (including phenoxy) is 1. The van der Waals surface area contributed by atoms with Crippen molar-refractivity contribution in [1.82, 2.24) is 4.90 Å². The smallest absolute Gasteiger partial charge is 0.337 e. The topological polar surface area (TPSA) is 58.8 Å². The van der Waals surface area contributed by atoms with Gasteiger partial charge in [-0.1, -0.05) is 0 Å². The molecule has 0 aliphatic carbocycles. The first-order valence-electron chi connectivity index (χ1n) is 6.92. The summed E-state index contributed by atoms with van der Waals surface area (Å²) in [5.74, 6) is -0.360. The van der Waals surface area contributed by atoms with Crippen molar-refractivity contribution in [2.45, 2.75) is 18.9 Å². The van der Waals surface area contributed by atoms with Gasteiger partial charge in [0.2, 0.25) is 0 Å². The van der Waals surface area contributed by atoms with E-state index in [1.165, 1.54) is 20.0 Å². The van der Waals surface area contributed by atoms with Crippen LogP contribution >= 0.6 is 0 Å². The van der Waals surface area contributed by atoms with Crippen LogP contribution in [0.3, 0.4) is 0 Å². The number of carbonyl (C=O) groups is 1. The zero-order valence-electron chi connectivity index (χ0n) is 12.4. The van der Waals surface area contributed by atoms with Crippen molar-refractivity contribution in [3.63, 3.8) is 0 Å². The highest BCUT2D eigenvalue weighted by Gasteiger charge is 2.23. The number of hydrogen-bond donors (Lipinski definition) is 1. The van der Waals surface area contributed by atoms with E-state index in [1.54, 1.807) is 12.1 Å². The van der Waals surface area contributed by atoms with E-state index in [2.05, 4.69) is 16.8 Å². The van der Waals surface area contributed by atoms with Gasteiger partial charge in [-0.2, -0.15) is 0 Å². The summed E-state index contributed by atoms with van der Waals surface area (Å²) in [6, 6.07) is 5.89. The van der Waals surface area contributed by atoms with E-state index in [1.807, 2.05) is 13.1 Å². The number of hydrogen-bond acceptors (Lipinski definition) is 5. The van der Waals surface area contributed by atoms with E-state index in [4.69, 9.17) is 10.5 Å². The molecule has 0 radical (unpaired) electrons. The molecule has 1 fully saturated rings. The molecule has 1 aromatic carbocycles. The highest BCUT2D eigenvalue weighted by Crippen LogP contribution is 2.25. The lowest BCUT2D eigenvalue weighted by Crippen LogP contribution is -2.36. The van der Waals surface area contributed by atoms with Gasteiger partial charge in [0.1, 0.15) is 0 Å². The number of nitrogens with two attached hydrogens (primary N) is 1. The third kappa shape index (κ3) is 3.04. The number of carbonyl (C=O) groups excluding carboxylic acids is 1. The summed E-state index contributed by atoms with van der Waals surface area (Å²) in [7, 11) is 5.57. The van der Waals surface area contributed by atoms with Crippen LogP contribution in [0.4, 0.5) is 11.4 Å². The third-order valence-electron chi connectivity index (χ3n) is 4.02. The molecule has 2 N–H and O–H groups in total. The number of benzene rings is 1. The van der Waals surface area contributed by atoms with E-state index in [0.717, 1.165) is 18.8 Å². The number of methoxy groups -OCH3 is 1. The molecule has 1 atom stereocenters. The second-order valence-corrected chi connectivity index (χ2v) is 5.42. The largest absolute Gasteiger partial charge is 0.465 e. The fourth-order valence-corrected chi connectivity index (χ4v) is 2.77. The van der Waals surface area contributed by atoms with Crippen LogP contribution in [0, 0.1) is 0 Å². The Labute approximate surface area is 120 Å². The lowest BCUT2D eigenvalue weighted by Gasteiger charge is -2.28. The Morgan fingerprint density at radius 1 is 1.55 bits per heavy atom. The molecule has 1 aromatic rings. The zero-order chi connectivity index (χ0) is 14.7. The predicted octanol–water partition coefficient (Wildman–Crippen LogP) is 1.59. The maximum absolute atomic E-state index is 11.5. The molecule has 0 aromatic heterocycles. The van der Waals surface area contributed by atoms with E-state index in [0.29, 0.717) is 17.3 Å². The molecule has 5 nitrogen and oxygen atoms in total. The van der Waals surface area contributed by atoms with Crippen molar-refractivity contribution in [3.8, 4) is 0 Å². The van der Waals surface area contributed by atoms with Crippen molar-refractivity contribution in [1.29, 1.82) is 0 Å². The van der Waals surface area contributed by atoms with Gasteiger partial charge >= 0.3 is 5.97 Å². The van der Waals surface area contributed by atoms with Gasteiger partial charge in [-0.15, -0.1) is 0 Å². The van der Waals surface area contributed by atoms with Crippen molar-refractivity contribution in [2.24, 2.45) is 0 Å². The summed E-state index contributed by atoms with van der Waals surface area (Å²) >= 11 is 0. The van der Waals surface area contributed by atoms with E-state index in [9.17, 15) is 4.79 Å². The molecule has 110 valence electrons. The Hall–Kier alpha value is -1.75. The first-order chi connectivity index (χ1) is 9.52. The number of nitrogens with zero attached hydrogens (tertiary/aromatic N) is 2. The van der Waals surface area contributed by atoms with E-state index in [-0.39, 0.29) is 5.97 Å². The van der Waals surface area contributed by atoms with Gasteiger partial charge in [0.25, 0.3) is 0 Å². The van der Waals surface area contributed by atoms with Crippen LogP contribution in [0.5, 0.6) is 0 Å². The number of likely N-dealkylation sites (N-methyl/N-ethyl adjacent to an activating group) is 2. The number of nitrogen functional groups attached to an aromatic ring is 1. The van der Waals surface area contributed by atoms with Gasteiger partial charge in [0.15, 0.2) is 0 Å². The lowest BCUT2D eigenvalue weighted by atomic mass is 10.1. The minimum absolute atomic E-state index is 0.360. The first kappa shape index (κ1) is 14.7. The van der Waals surface area contributed by atoms with Crippen molar-refractivity contribution in [3.05, 3.63) is 23.8 Å². The molecule has 2 rings (SSSR count). The normalized spacial score (nSPS) is 19.1. The zero-order valence-corrected chi connectivity index (χ0v) is 12.4.